The minimum Gasteiger partial charge on any atom is -0.316 e. The molecule has 1 fully saturated rings. The van der Waals surface area contributed by atoms with Gasteiger partial charge in [0.1, 0.15) is 0 Å². The van der Waals surface area contributed by atoms with Crippen LogP contribution in [0.15, 0.2) is 60.9 Å². The maximum absolute atomic E-state index is 4.48. The second-order valence-corrected chi connectivity index (χ2v) is 7.69. The van der Waals surface area contributed by atoms with Crippen LogP contribution in [0.25, 0.3) is 5.69 Å². The van der Waals surface area contributed by atoms with Crippen LogP contribution in [-0.4, -0.2) is 29.4 Å². The highest BCUT2D eigenvalue weighted by molar-refractivity contribution is 5.33. The Bertz CT molecular complexity index is 902. The fourth-order valence-electron chi connectivity index (χ4n) is 3.77. The molecule has 1 aromatic heterocycles. The number of nitrogens with one attached hydrogen (secondary N) is 3. The lowest BCUT2D eigenvalue weighted by molar-refractivity contribution is 0.443. The van der Waals surface area contributed by atoms with Gasteiger partial charge in [0.15, 0.2) is 0 Å². The van der Waals surface area contributed by atoms with Crippen LogP contribution in [0.5, 0.6) is 0 Å². The van der Waals surface area contributed by atoms with Crippen molar-refractivity contribution in [2.45, 2.75) is 26.3 Å². The van der Waals surface area contributed by atoms with Crippen molar-refractivity contribution in [3.8, 4) is 5.69 Å². The van der Waals surface area contributed by atoms with Crippen LogP contribution >= 0.6 is 0 Å². The third kappa shape index (κ3) is 4.33. The predicted molar refractivity (Wildman–Crippen MR) is 113 cm³/mol. The second-order valence-electron chi connectivity index (χ2n) is 7.69. The van der Waals surface area contributed by atoms with Crippen molar-refractivity contribution in [2.75, 3.05) is 19.6 Å². The van der Waals surface area contributed by atoms with Gasteiger partial charge in [0, 0.05) is 25.2 Å². The van der Waals surface area contributed by atoms with Gasteiger partial charge in [-0.05, 0) is 61.2 Å². The highest BCUT2D eigenvalue weighted by atomic mass is 15.4. The monoisotopic (exact) mass is 375 g/mol. The quantitative estimate of drug-likeness (QED) is 0.556. The van der Waals surface area contributed by atoms with Crippen LogP contribution in [0, 0.1) is 19.8 Å². The SMILES string of the molecule is Cc1ccc(C2NNCC2CNCCc2cnn(-c3ccccc3)c2)cc1C. The summed E-state index contributed by atoms with van der Waals surface area (Å²) >= 11 is 0. The van der Waals surface area contributed by atoms with Gasteiger partial charge in [-0.3, -0.25) is 5.43 Å². The molecule has 1 aliphatic heterocycles. The fraction of sp³-hybridized carbons (Fsp3) is 0.348. The summed E-state index contributed by atoms with van der Waals surface area (Å²) in [5.41, 5.74) is 13.2. The summed E-state index contributed by atoms with van der Waals surface area (Å²) < 4.78 is 1.94. The first kappa shape index (κ1) is 18.9. The van der Waals surface area contributed by atoms with E-state index in [0.29, 0.717) is 12.0 Å². The van der Waals surface area contributed by atoms with Gasteiger partial charge in [0.2, 0.25) is 0 Å². The van der Waals surface area contributed by atoms with E-state index in [1.807, 2.05) is 29.1 Å². The Morgan fingerprint density at radius 3 is 2.79 bits per heavy atom. The number of hydrogen-bond acceptors (Lipinski definition) is 4. The molecular formula is C23H29N5. The van der Waals surface area contributed by atoms with E-state index in [1.54, 1.807) is 0 Å². The first-order valence-corrected chi connectivity index (χ1v) is 10.1. The Balaban J connectivity index is 1.28. The molecule has 0 aliphatic carbocycles. The lowest BCUT2D eigenvalue weighted by Gasteiger charge is -2.20. The summed E-state index contributed by atoms with van der Waals surface area (Å²) in [6, 6.07) is 17.4. The molecule has 2 aromatic carbocycles. The molecule has 1 saturated heterocycles. The van der Waals surface area contributed by atoms with Crippen LogP contribution in [0.2, 0.25) is 0 Å². The Morgan fingerprint density at radius 1 is 1.11 bits per heavy atom. The number of benzene rings is 2. The average Bonchev–Trinajstić information content (AvgIpc) is 3.38. The van der Waals surface area contributed by atoms with Gasteiger partial charge >= 0.3 is 0 Å². The van der Waals surface area contributed by atoms with Crippen LogP contribution in [0.3, 0.4) is 0 Å². The van der Waals surface area contributed by atoms with Gasteiger partial charge in [0.05, 0.1) is 17.9 Å². The summed E-state index contributed by atoms with van der Waals surface area (Å²) in [7, 11) is 0. The van der Waals surface area contributed by atoms with Crippen molar-refractivity contribution < 1.29 is 0 Å². The Morgan fingerprint density at radius 2 is 1.96 bits per heavy atom. The standard InChI is InChI=1S/C23H29N5/c1-17-8-9-20(12-18(17)2)23-21(15-25-27-23)14-24-11-10-19-13-26-28(16-19)22-6-4-3-5-7-22/h3-9,12-13,16,21,23-25,27H,10-11,14-15H2,1-2H3. The number of hydrogen-bond donors (Lipinski definition) is 3. The molecule has 3 aromatic rings. The molecule has 0 spiro atoms. The van der Waals surface area contributed by atoms with Gasteiger partial charge in [-0.2, -0.15) is 5.10 Å². The van der Waals surface area contributed by atoms with Crippen LogP contribution in [-0.2, 0) is 6.42 Å². The highest BCUT2D eigenvalue weighted by Gasteiger charge is 2.27. The molecule has 2 heterocycles. The molecule has 1 aliphatic rings. The Kier molecular flexibility index (Phi) is 5.86. The summed E-state index contributed by atoms with van der Waals surface area (Å²) in [5, 5.41) is 8.11. The Hall–Kier alpha value is -2.47. The van der Waals surface area contributed by atoms with E-state index >= 15 is 0 Å². The topological polar surface area (TPSA) is 53.9 Å². The van der Waals surface area contributed by atoms with Crippen molar-refractivity contribution in [3.63, 3.8) is 0 Å². The molecule has 146 valence electrons. The van der Waals surface area contributed by atoms with Gasteiger partial charge in [-0.1, -0.05) is 36.4 Å². The molecule has 5 nitrogen and oxygen atoms in total. The van der Waals surface area contributed by atoms with Crippen molar-refractivity contribution in [3.05, 3.63) is 83.2 Å². The first-order valence-electron chi connectivity index (χ1n) is 10.1. The third-order valence-corrected chi connectivity index (χ3v) is 5.64. The van der Waals surface area contributed by atoms with E-state index in [1.165, 1.54) is 22.3 Å². The lowest BCUT2D eigenvalue weighted by Crippen LogP contribution is -2.30. The number of nitrogens with zero attached hydrogens (tertiary/aromatic N) is 2. The largest absolute Gasteiger partial charge is 0.316 e. The maximum atomic E-state index is 4.48. The average molecular weight is 376 g/mol. The smallest absolute Gasteiger partial charge is 0.0645 e. The number of aromatic nitrogens is 2. The number of para-hydroxylation sites is 1. The van der Waals surface area contributed by atoms with Crippen LogP contribution in [0.1, 0.15) is 28.3 Å². The van der Waals surface area contributed by atoms with E-state index in [9.17, 15) is 0 Å². The van der Waals surface area contributed by atoms with Crippen molar-refractivity contribution in [1.82, 2.24) is 25.9 Å². The lowest BCUT2D eigenvalue weighted by atomic mass is 9.92. The molecule has 0 bridgehead atoms. The predicted octanol–water partition coefficient (Wildman–Crippen LogP) is 3.09. The number of aryl methyl sites for hydroxylation is 2. The minimum atomic E-state index is 0.354. The van der Waals surface area contributed by atoms with Gasteiger partial charge in [0.25, 0.3) is 0 Å². The third-order valence-electron chi connectivity index (χ3n) is 5.64. The molecule has 0 saturated carbocycles. The summed E-state index contributed by atoms with van der Waals surface area (Å²) in [5.74, 6) is 0.536. The van der Waals surface area contributed by atoms with Gasteiger partial charge < -0.3 is 5.32 Å². The first-order chi connectivity index (χ1) is 13.7. The number of rotatable bonds is 7. The zero-order valence-electron chi connectivity index (χ0n) is 16.7. The zero-order valence-corrected chi connectivity index (χ0v) is 16.7. The molecule has 3 N–H and O–H groups in total. The zero-order chi connectivity index (χ0) is 19.3. The highest BCUT2D eigenvalue weighted by Crippen LogP contribution is 2.26. The molecule has 28 heavy (non-hydrogen) atoms. The van der Waals surface area contributed by atoms with Gasteiger partial charge in [-0.15, -0.1) is 0 Å². The number of hydrazine groups is 1. The summed E-state index contributed by atoms with van der Waals surface area (Å²) in [4.78, 5) is 0. The van der Waals surface area contributed by atoms with Crippen molar-refractivity contribution >= 4 is 0 Å². The van der Waals surface area contributed by atoms with Crippen molar-refractivity contribution in [2.24, 2.45) is 5.92 Å². The fourth-order valence-corrected chi connectivity index (χ4v) is 3.77. The van der Waals surface area contributed by atoms with Crippen LogP contribution in [0.4, 0.5) is 0 Å². The normalized spacial score (nSPS) is 19.2. The molecule has 5 heteroatoms. The molecule has 2 unspecified atom stereocenters. The molecule has 4 rings (SSSR count). The minimum absolute atomic E-state index is 0.354. The Labute approximate surface area is 167 Å². The van der Waals surface area contributed by atoms with Crippen LogP contribution < -0.4 is 16.2 Å². The van der Waals surface area contributed by atoms with Crippen molar-refractivity contribution in [1.29, 1.82) is 0 Å². The van der Waals surface area contributed by atoms with E-state index in [-0.39, 0.29) is 0 Å². The summed E-state index contributed by atoms with van der Waals surface area (Å²) in [6.45, 7) is 7.28. The molecular weight excluding hydrogens is 346 g/mol. The molecule has 0 radical (unpaired) electrons. The molecule has 0 amide bonds. The second kappa shape index (κ2) is 8.69. The van der Waals surface area contributed by atoms with Gasteiger partial charge in [-0.25, -0.2) is 10.1 Å². The maximum Gasteiger partial charge on any atom is 0.0645 e. The van der Waals surface area contributed by atoms with E-state index in [0.717, 1.165) is 31.7 Å². The summed E-state index contributed by atoms with van der Waals surface area (Å²) in [6.07, 6.45) is 5.06. The van der Waals surface area contributed by atoms with E-state index in [2.05, 4.69) is 71.6 Å². The molecule has 2 atom stereocenters. The van der Waals surface area contributed by atoms with E-state index in [4.69, 9.17) is 0 Å². The van der Waals surface area contributed by atoms with E-state index < -0.39 is 0 Å².